The topological polar surface area (TPSA) is 68.0 Å². The van der Waals surface area contributed by atoms with Gasteiger partial charge in [0.2, 0.25) is 0 Å². The second-order valence-electron chi connectivity index (χ2n) is 3.32. The summed E-state index contributed by atoms with van der Waals surface area (Å²) in [7, 11) is 0. The number of nitrogens with zero attached hydrogens (tertiary/aromatic N) is 1. The maximum absolute atomic E-state index is 9.19. The highest BCUT2D eigenvalue weighted by atomic mass is 16.6. The highest BCUT2D eigenvalue weighted by Gasteiger charge is 2.22. The highest BCUT2D eigenvalue weighted by molar-refractivity contribution is 4.68. The van der Waals surface area contributed by atoms with Gasteiger partial charge in [0.15, 0.2) is 0 Å². The van der Waals surface area contributed by atoms with Crippen molar-refractivity contribution in [3.05, 3.63) is 0 Å². The van der Waals surface area contributed by atoms with E-state index in [1.54, 1.807) is 6.92 Å². The lowest BCUT2D eigenvalue weighted by Gasteiger charge is -2.33. The van der Waals surface area contributed by atoms with Crippen LogP contribution in [0.3, 0.4) is 0 Å². The molecule has 0 amide bonds. The minimum Gasteiger partial charge on any atom is -0.393 e. The van der Waals surface area contributed by atoms with Gasteiger partial charge in [0.1, 0.15) is 6.23 Å². The second kappa shape index (κ2) is 5.51. The van der Waals surface area contributed by atoms with Gasteiger partial charge >= 0.3 is 0 Å². The van der Waals surface area contributed by atoms with Gasteiger partial charge in [-0.3, -0.25) is 9.74 Å². The molecular formula is C8H18N2O3. The minimum atomic E-state index is -0.392. The predicted octanol–water partition coefficient (Wildman–Crippen LogP) is -0.694. The lowest BCUT2D eigenvalue weighted by Crippen LogP contribution is -2.47. The molecule has 1 aliphatic heterocycles. The zero-order chi connectivity index (χ0) is 9.68. The minimum absolute atomic E-state index is 0.191. The number of rotatable bonds is 4. The molecule has 0 saturated carbocycles. The van der Waals surface area contributed by atoms with Gasteiger partial charge in [0.05, 0.1) is 19.3 Å². The van der Waals surface area contributed by atoms with Gasteiger partial charge in [-0.2, -0.15) is 0 Å². The molecule has 5 heteroatoms. The molecule has 0 spiro atoms. The van der Waals surface area contributed by atoms with Crippen molar-refractivity contribution >= 4 is 0 Å². The SMILES string of the molecule is CC(O)CC(ON)N1CCOCC1. The van der Waals surface area contributed by atoms with Gasteiger partial charge < -0.3 is 9.84 Å². The summed E-state index contributed by atoms with van der Waals surface area (Å²) >= 11 is 0. The van der Waals surface area contributed by atoms with Crippen molar-refractivity contribution in [2.75, 3.05) is 26.3 Å². The Kier molecular flexibility index (Phi) is 4.61. The summed E-state index contributed by atoms with van der Waals surface area (Å²) < 4.78 is 5.20. The number of hydrogen-bond donors (Lipinski definition) is 2. The zero-order valence-electron chi connectivity index (χ0n) is 7.98. The number of aliphatic hydroxyl groups excluding tert-OH is 1. The summed E-state index contributed by atoms with van der Waals surface area (Å²) in [4.78, 5) is 6.89. The Balaban J connectivity index is 2.34. The first-order chi connectivity index (χ1) is 6.24. The number of aliphatic hydroxyl groups is 1. The molecule has 0 aliphatic carbocycles. The van der Waals surface area contributed by atoms with Crippen LogP contribution in [-0.2, 0) is 9.57 Å². The summed E-state index contributed by atoms with van der Waals surface area (Å²) in [5.74, 6) is 5.16. The molecule has 5 nitrogen and oxygen atoms in total. The van der Waals surface area contributed by atoms with Crippen molar-refractivity contribution in [3.63, 3.8) is 0 Å². The fraction of sp³-hybridized carbons (Fsp3) is 1.00. The van der Waals surface area contributed by atoms with Crippen LogP contribution in [0.2, 0.25) is 0 Å². The van der Waals surface area contributed by atoms with Gasteiger partial charge in [-0.15, -0.1) is 0 Å². The second-order valence-corrected chi connectivity index (χ2v) is 3.32. The van der Waals surface area contributed by atoms with Gasteiger partial charge in [-0.1, -0.05) is 0 Å². The van der Waals surface area contributed by atoms with Crippen molar-refractivity contribution in [2.45, 2.75) is 25.7 Å². The average Bonchev–Trinajstić information content (AvgIpc) is 2.15. The van der Waals surface area contributed by atoms with Crippen LogP contribution in [-0.4, -0.2) is 48.6 Å². The molecule has 1 saturated heterocycles. The normalized spacial score (nSPS) is 24.2. The number of hydrogen-bond acceptors (Lipinski definition) is 5. The van der Waals surface area contributed by atoms with Crippen LogP contribution in [0.5, 0.6) is 0 Å². The first kappa shape index (κ1) is 10.9. The molecule has 0 radical (unpaired) electrons. The Hall–Kier alpha value is -0.200. The largest absolute Gasteiger partial charge is 0.393 e. The van der Waals surface area contributed by atoms with Gasteiger partial charge in [-0.05, 0) is 6.92 Å². The van der Waals surface area contributed by atoms with E-state index in [1.165, 1.54) is 0 Å². The van der Waals surface area contributed by atoms with E-state index in [9.17, 15) is 5.11 Å². The zero-order valence-corrected chi connectivity index (χ0v) is 7.98. The van der Waals surface area contributed by atoms with Gasteiger partial charge in [-0.25, -0.2) is 5.90 Å². The quantitative estimate of drug-likeness (QED) is 0.574. The van der Waals surface area contributed by atoms with Gasteiger partial charge in [0, 0.05) is 19.5 Å². The number of ether oxygens (including phenoxy) is 1. The first-order valence-corrected chi connectivity index (χ1v) is 4.59. The van der Waals surface area contributed by atoms with E-state index in [1.807, 2.05) is 0 Å². The molecule has 2 atom stereocenters. The molecule has 2 unspecified atom stereocenters. The molecule has 78 valence electrons. The van der Waals surface area contributed by atoms with E-state index < -0.39 is 6.10 Å². The lowest BCUT2D eigenvalue weighted by molar-refractivity contribution is -0.113. The molecular weight excluding hydrogens is 172 g/mol. The molecule has 1 aliphatic rings. The van der Waals surface area contributed by atoms with Crippen molar-refractivity contribution in [1.82, 2.24) is 4.90 Å². The Morgan fingerprint density at radius 1 is 1.54 bits per heavy atom. The summed E-state index contributed by atoms with van der Waals surface area (Å²) in [5.41, 5.74) is 0. The molecule has 0 aromatic rings. The van der Waals surface area contributed by atoms with Crippen LogP contribution in [0.15, 0.2) is 0 Å². The molecule has 1 rings (SSSR count). The fourth-order valence-corrected chi connectivity index (χ4v) is 1.45. The van der Waals surface area contributed by atoms with E-state index in [4.69, 9.17) is 15.5 Å². The first-order valence-electron chi connectivity index (χ1n) is 4.59. The van der Waals surface area contributed by atoms with Crippen molar-refractivity contribution in [1.29, 1.82) is 0 Å². The summed E-state index contributed by atoms with van der Waals surface area (Å²) in [5, 5.41) is 9.19. The van der Waals surface area contributed by atoms with Crippen LogP contribution in [0, 0.1) is 0 Å². The van der Waals surface area contributed by atoms with E-state index in [0.29, 0.717) is 19.6 Å². The molecule has 1 heterocycles. The number of nitrogens with two attached hydrogens (primary N) is 1. The molecule has 0 aromatic heterocycles. The van der Waals surface area contributed by atoms with Crippen LogP contribution < -0.4 is 5.90 Å². The molecule has 0 aromatic carbocycles. The fourth-order valence-electron chi connectivity index (χ4n) is 1.45. The van der Waals surface area contributed by atoms with E-state index in [2.05, 4.69) is 4.90 Å². The Morgan fingerprint density at radius 2 is 2.15 bits per heavy atom. The van der Waals surface area contributed by atoms with E-state index in [-0.39, 0.29) is 6.23 Å². The van der Waals surface area contributed by atoms with Crippen LogP contribution in [0.4, 0.5) is 0 Å². The van der Waals surface area contributed by atoms with Gasteiger partial charge in [0.25, 0.3) is 0 Å². The smallest absolute Gasteiger partial charge is 0.134 e. The standard InChI is InChI=1S/C8H18N2O3/c1-7(11)6-8(13-9)10-2-4-12-5-3-10/h7-8,11H,2-6,9H2,1H3. The molecule has 3 N–H and O–H groups in total. The van der Waals surface area contributed by atoms with Crippen molar-refractivity contribution in [2.24, 2.45) is 5.90 Å². The monoisotopic (exact) mass is 190 g/mol. The average molecular weight is 190 g/mol. The number of morpholine rings is 1. The molecule has 13 heavy (non-hydrogen) atoms. The van der Waals surface area contributed by atoms with E-state index in [0.717, 1.165) is 13.1 Å². The van der Waals surface area contributed by atoms with Crippen molar-refractivity contribution in [3.8, 4) is 0 Å². The van der Waals surface area contributed by atoms with E-state index >= 15 is 0 Å². The van der Waals surface area contributed by atoms with Crippen LogP contribution in [0.1, 0.15) is 13.3 Å². The third-order valence-electron chi connectivity index (χ3n) is 2.15. The lowest BCUT2D eigenvalue weighted by atomic mass is 10.2. The maximum atomic E-state index is 9.19. The summed E-state index contributed by atoms with van der Waals surface area (Å²) in [6.07, 6.45) is -0.0449. The highest BCUT2D eigenvalue weighted by Crippen LogP contribution is 2.09. The van der Waals surface area contributed by atoms with Crippen LogP contribution >= 0.6 is 0 Å². The maximum Gasteiger partial charge on any atom is 0.134 e. The summed E-state index contributed by atoms with van der Waals surface area (Å²) in [6.45, 7) is 4.77. The third-order valence-corrected chi connectivity index (χ3v) is 2.15. The Bertz CT molecular complexity index is 137. The molecule has 0 bridgehead atoms. The molecule has 1 fully saturated rings. The third kappa shape index (κ3) is 3.58. The van der Waals surface area contributed by atoms with Crippen LogP contribution in [0.25, 0.3) is 0 Å². The Labute approximate surface area is 78.4 Å². The summed E-state index contributed by atoms with van der Waals surface area (Å²) in [6, 6.07) is 0. The predicted molar refractivity (Wildman–Crippen MR) is 47.8 cm³/mol. The Morgan fingerprint density at radius 3 is 2.62 bits per heavy atom. The van der Waals surface area contributed by atoms with Crippen molar-refractivity contribution < 1.29 is 14.7 Å².